The number of halogens is 2. The van der Waals surface area contributed by atoms with Crippen LogP contribution in [0.25, 0.3) is 21.9 Å². The minimum absolute atomic E-state index is 0.00532. The molecule has 4 unspecified atom stereocenters. The van der Waals surface area contributed by atoms with E-state index in [0.717, 1.165) is 24.0 Å². The first-order chi connectivity index (χ1) is 18.4. The number of carbonyl (C=O) groups excluding carboxylic acids is 1. The zero-order valence-corrected chi connectivity index (χ0v) is 21.8. The number of hydrogen-bond acceptors (Lipinski definition) is 6. The van der Waals surface area contributed by atoms with Crippen LogP contribution < -0.4 is 5.32 Å². The van der Waals surface area contributed by atoms with Gasteiger partial charge in [-0.15, -0.1) is 0 Å². The van der Waals surface area contributed by atoms with Gasteiger partial charge in [0, 0.05) is 73.2 Å². The minimum Gasteiger partial charge on any atom is -0.353 e. The zero-order chi connectivity index (χ0) is 26.4. The molecule has 0 bridgehead atoms. The van der Waals surface area contributed by atoms with Gasteiger partial charge in [-0.2, -0.15) is 5.10 Å². The molecule has 3 aromatic heterocycles. The lowest BCUT2D eigenvalue weighted by Crippen LogP contribution is -2.18. The fourth-order valence-corrected chi connectivity index (χ4v) is 5.61. The van der Waals surface area contributed by atoms with Crippen LogP contribution in [0, 0.1) is 24.6 Å². The molecule has 2 aliphatic rings. The van der Waals surface area contributed by atoms with E-state index in [4.69, 9.17) is 21.1 Å². The van der Waals surface area contributed by atoms with Crippen LogP contribution in [0.5, 0.6) is 0 Å². The fraction of sp³-hybridized carbons (Fsp3) is 0.357. The van der Waals surface area contributed by atoms with E-state index in [1.54, 1.807) is 35.4 Å². The van der Waals surface area contributed by atoms with E-state index in [2.05, 4.69) is 20.4 Å². The Morgan fingerprint density at radius 3 is 2.89 bits per heavy atom. The van der Waals surface area contributed by atoms with E-state index in [0.29, 0.717) is 40.9 Å². The molecule has 10 heteroatoms. The maximum absolute atomic E-state index is 15.2. The molecule has 2 fully saturated rings. The molecule has 1 aromatic carbocycles. The van der Waals surface area contributed by atoms with Crippen molar-refractivity contribution >= 4 is 34.1 Å². The van der Waals surface area contributed by atoms with Gasteiger partial charge in [0.25, 0.3) is 0 Å². The summed E-state index contributed by atoms with van der Waals surface area (Å²) in [5.74, 6) is -0.594. The van der Waals surface area contributed by atoms with E-state index in [1.807, 2.05) is 26.2 Å². The summed E-state index contributed by atoms with van der Waals surface area (Å²) in [6.45, 7) is 3.02. The highest BCUT2D eigenvalue weighted by Gasteiger charge is 2.56. The van der Waals surface area contributed by atoms with Crippen LogP contribution in [0.2, 0.25) is 5.02 Å². The Balaban J connectivity index is 1.25. The van der Waals surface area contributed by atoms with Crippen LogP contribution in [0.15, 0.2) is 49.2 Å². The normalized spacial score (nSPS) is 22.6. The summed E-state index contributed by atoms with van der Waals surface area (Å²) in [5.41, 5.74) is 2.88. The Bertz CT molecular complexity index is 1520. The molecule has 4 heterocycles. The van der Waals surface area contributed by atoms with Crippen molar-refractivity contribution in [1.29, 1.82) is 0 Å². The second-order valence-corrected chi connectivity index (χ2v) is 10.3. The van der Waals surface area contributed by atoms with Crippen LogP contribution in [0.4, 0.5) is 10.2 Å². The summed E-state index contributed by atoms with van der Waals surface area (Å²) in [6.07, 6.45) is 10.1. The first kappa shape index (κ1) is 24.9. The highest BCUT2D eigenvalue weighted by molar-refractivity contribution is 6.36. The molecular weight excluding hydrogens is 509 g/mol. The number of rotatable bonds is 7. The number of amides is 1. The maximum Gasteiger partial charge on any atom is 0.229 e. The number of anilines is 1. The molecule has 38 heavy (non-hydrogen) atoms. The summed E-state index contributed by atoms with van der Waals surface area (Å²) >= 11 is 6.39. The van der Waals surface area contributed by atoms with Crippen molar-refractivity contribution in [3.63, 3.8) is 0 Å². The molecule has 1 N–H and O–H groups in total. The Labute approximate surface area is 224 Å². The summed E-state index contributed by atoms with van der Waals surface area (Å²) < 4.78 is 28.5. The van der Waals surface area contributed by atoms with Crippen molar-refractivity contribution in [2.75, 3.05) is 18.5 Å². The highest BCUT2D eigenvalue weighted by Crippen LogP contribution is 2.54. The van der Waals surface area contributed by atoms with Gasteiger partial charge in [0.1, 0.15) is 11.6 Å². The highest BCUT2D eigenvalue weighted by atomic mass is 35.5. The predicted octanol–water partition coefficient (Wildman–Crippen LogP) is 5.25. The molecule has 6 rings (SSSR count). The van der Waals surface area contributed by atoms with Crippen LogP contribution in [0.3, 0.4) is 0 Å². The van der Waals surface area contributed by atoms with Crippen LogP contribution in [-0.4, -0.2) is 45.2 Å². The van der Waals surface area contributed by atoms with Gasteiger partial charge in [0.05, 0.1) is 23.7 Å². The SMILES string of the molecule is Cc1ccncc1-c1cc2cc(NC(=O)C3C(COC4CCCO4)C3c3cnn(C)c3)ncc2c(Cl)c1F. The Morgan fingerprint density at radius 2 is 2.16 bits per heavy atom. The Kier molecular flexibility index (Phi) is 6.59. The van der Waals surface area contributed by atoms with Crippen molar-refractivity contribution in [2.24, 2.45) is 18.9 Å². The van der Waals surface area contributed by atoms with Gasteiger partial charge in [0.2, 0.25) is 5.91 Å². The maximum atomic E-state index is 15.2. The Morgan fingerprint density at radius 1 is 1.29 bits per heavy atom. The fourth-order valence-electron chi connectivity index (χ4n) is 5.35. The number of fused-ring (bicyclic) bond motifs is 1. The van der Waals surface area contributed by atoms with E-state index >= 15 is 4.39 Å². The molecular formula is C28H27ClFN5O3. The van der Waals surface area contributed by atoms with Crippen molar-refractivity contribution in [3.05, 3.63) is 71.2 Å². The minimum atomic E-state index is -0.528. The van der Waals surface area contributed by atoms with Crippen molar-refractivity contribution in [3.8, 4) is 11.1 Å². The van der Waals surface area contributed by atoms with Gasteiger partial charge >= 0.3 is 0 Å². The first-order valence-electron chi connectivity index (χ1n) is 12.6. The summed E-state index contributed by atoms with van der Waals surface area (Å²) in [7, 11) is 1.85. The monoisotopic (exact) mass is 535 g/mol. The first-order valence-corrected chi connectivity index (χ1v) is 13.0. The third-order valence-electron chi connectivity index (χ3n) is 7.43. The number of aryl methyl sites for hydroxylation is 2. The second-order valence-electron chi connectivity index (χ2n) is 9.96. The molecule has 8 nitrogen and oxygen atoms in total. The van der Waals surface area contributed by atoms with E-state index in [1.165, 1.54) is 6.20 Å². The van der Waals surface area contributed by atoms with Crippen LogP contribution in [-0.2, 0) is 21.3 Å². The zero-order valence-electron chi connectivity index (χ0n) is 21.0. The number of pyridine rings is 2. The average Bonchev–Trinajstić information content (AvgIpc) is 3.18. The number of aromatic nitrogens is 4. The van der Waals surface area contributed by atoms with Crippen LogP contribution >= 0.6 is 11.6 Å². The van der Waals surface area contributed by atoms with Crippen molar-refractivity contribution in [2.45, 2.75) is 32.0 Å². The lowest BCUT2D eigenvalue weighted by molar-refractivity contribution is -0.122. The van der Waals surface area contributed by atoms with Gasteiger partial charge < -0.3 is 14.8 Å². The van der Waals surface area contributed by atoms with Gasteiger partial charge in [-0.25, -0.2) is 9.37 Å². The smallest absolute Gasteiger partial charge is 0.229 e. The van der Waals surface area contributed by atoms with Gasteiger partial charge in [-0.1, -0.05) is 11.6 Å². The largest absolute Gasteiger partial charge is 0.353 e. The van der Waals surface area contributed by atoms with E-state index in [-0.39, 0.29) is 35.0 Å². The Hall–Kier alpha value is -3.40. The van der Waals surface area contributed by atoms with E-state index in [9.17, 15) is 4.79 Å². The molecule has 1 aliphatic carbocycles. The third kappa shape index (κ3) is 4.66. The molecule has 4 aromatic rings. The van der Waals surface area contributed by atoms with Gasteiger partial charge in [-0.3, -0.25) is 14.5 Å². The molecule has 1 saturated heterocycles. The standard InChI is InChI=1S/C28H27ClFN5O3/c1-15-5-6-31-11-19(15)18-8-16-9-22(32-12-20(16)26(29)27(18)30)34-28(36)25-21(14-38-23-4-3-7-37-23)24(25)17-10-33-35(2)13-17/h5-6,8-13,21,23-25H,3-4,7,14H2,1-2H3,(H,32,34,36). The number of benzene rings is 1. The van der Waals surface area contributed by atoms with Crippen LogP contribution in [0.1, 0.15) is 29.9 Å². The molecule has 196 valence electrons. The quantitative estimate of drug-likeness (QED) is 0.347. The average molecular weight is 536 g/mol. The number of hydrogen-bond donors (Lipinski definition) is 1. The molecule has 1 aliphatic heterocycles. The van der Waals surface area contributed by atoms with Crippen molar-refractivity contribution < 1.29 is 18.7 Å². The predicted molar refractivity (Wildman–Crippen MR) is 141 cm³/mol. The molecule has 0 radical (unpaired) electrons. The summed E-state index contributed by atoms with van der Waals surface area (Å²) in [4.78, 5) is 21.9. The topological polar surface area (TPSA) is 91.2 Å². The number of ether oxygens (including phenoxy) is 2. The van der Waals surface area contributed by atoms with E-state index < -0.39 is 5.82 Å². The van der Waals surface area contributed by atoms with Crippen molar-refractivity contribution in [1.82, 2.24) is 19.7 Å². The lowest BCUT2D eigenvalue weighted by Gasteiger charge is -2.12. The van der Waals surface area contributed by atoms with Gasteiger partial charge in [-0.05, 0) is 48.1 Å². The number of nitrogens with zero attached hydrogens (tertiary/aromatic N) is 4. The molecule has 1 saturated carbocycles. The summed E-state index contributed by atoms with van der Waals surface area (Å²) in [6, 6.07) is 5.25. The summed E-state index contributed by atoms with van der Waals surface area (Å²) in [5, 5.41) is 8.34. The number of nitrogens with one attached hydrogen (secondary N) is 1. The molecule has 4 atom stereocenters. The lowest BCUT2D eigenvalue weighted by atomic mass is 9.99. The third-order valence-corrected chi connectivity index (χ3v) is 7.80. The molecule has 0 spiro atoms. The number of carbonyl (C=O) groups is 1. The second kappa shape index (κ2) is 10.1. The molecule has 1 amide bonds. The van der Waals surface area contributed by atoms with Gasteiger partial charge in [0.15, 0.2) is 6.29 Å².